The Morgan fingerprint density at radius 1 is 0.872 bits per heavy atom. The van der Waals surface area contributed by atoms with Crippen molar-refractivity contribution in [3.8, 4) is 23.0 Å². The van der Waals surface area contributed by atoms with Crippen LogP contribution in [0.1, 0.15) is 47.8 Å². The number of hydrogen-bond acceptors (Lipinski definition) is 7. The monoisotopic (exact) mass is 527 g/mol. The van der Waals surface area contributed by atoms with E-state index >= 15 is 0 Å². The summed E-state index contributed by atoms with van der Waals surface area (Å²) >= 11 is 0. The lowest BCUT2D eigenvalue weighted by atomic mass is 10.0. The summed E-state index contributed by atoms with van der Waals surface area (Å²) in [6.45, 7) is 1.32. The molecule has 0 amide bonds. The Hall–Kier alpha value is -4.07. The summed E-state index contributed by atoms with van der Waals surface area (Å²) in [7, 11) is 1.61. The molecular weight excluding hydrogens is 494 g/mol. The summed E-state index contributed by atoms with van der Waals surface area (Å²) in [5.41, 5.74) is 3.26. The Morgan fingerprint density at radius 2 is 1.59 bits per heavy atom. The maximum absolute atomic E-state index is 10.8. The molecule has 7 nitrogen and oxygen atoms in total. The molecule has 1 aromatic heterocycles. The average Bonchev–Trinajstić information content (AvgIpc) is 3.00. The molecule has 3 aromatic carbocycles. The standard InChI is InChI=1S/C32H33NO6/c1-35-28-20-25(15-16-27(28)37-21-23-10-4-2-5-11-23)31(39-29-14-8-9-19-36-29)30-32(26(34)17-18-33-30)38-22-24-12-6-3-7-13-24/h2-7,10-13,15-18,20,29,31H,8-9,14,19,21-22H2,1H3,(H,33,34). The van der Waals surface area contributed by atoms with Gasteiger partial charge in [0.1, 0.15) is 25.0 Å². The minimum absolute atomic E-state index is 0.0103. The topological polar surface area (TPSA) is 79.3 Å². The van der Waals surface area contributed by atoms with Crippen molar-refractivity contribution in [2.45, 2.75) is 44.9 Å². The first-order valence-electron chi connectivity index (χ1n) is 13.2. The molecule has 1 N–H and O–H groups in total. The van der Waals surface area contributed by atoms with Crippen LogP contribution < -0.4 is 14.2 Å². The first-order valence-corrected chi connectivity index (χ1v) is 13.2. The van der Waals surface area contributed by atoms with Gasteiger partial charge in [-0.1, -0.05) is 66.7 Å². The molecule has 4 aromatic rings. The van der Waals surface area contributed by atoms with Gasteiger partial charge >= 0.3 is 0 Å². The summed E-state index contributed by atoms with van der Waals surface area (Å²) in [4.78, 5) is 4.61. The molecule has 0 aliphatic carbocycles. The van der Waals surface area contributed by atoms with E-state index < -0.39 is 12.4 Å². The summed E-state index contributed by atoms with van der Waals surface area (Å²) in [5, 5.41) is 10.8. The van der Waals surface area contributed by atoms with Crippen molar-refractivity contribution in [1.82, 2.24) is 4.98 Å². The number of rotatable bonds is 11. The first kappa shape index (κ1) is 26.5. The minimum atomic E-state index is -0.678. The molecule has 1 fully saturated rings. The molecule has 202 valence electrons. The summed E-state index contributed by atoms with van der Waals surface area (Å²) in [6, 6.07) is 26.9. The van der Waals surface area contributed by atoms with Crippen LogP contribution in [0.15, 0.2) is 91.1 Å². The lowest BCUT2D eigenvalue weighted by molar-refractivity contribution is -0.182. The van der Waals surface area contributed by atoms with Crippen molar-refractivity contribution in [2.24, 2.45) is 0 Å². The largest absolute Gasteiger partial charge is 0.504 e. The minimum Gasteiger partial charge on any atom is -0.504 e. The van der Waals surface area contributed by atoms with Crippen molar-refractivity contribution >= 4 is 0 Å². The number of aromatic nitrogens is 1. The van der Waals surface area contributed by atoms with E-state index in [1.807, 2.05) is 78.9 Å². The highest BCUT2D eigenvalue weighted by atomic mass is 16.7. The zero-order valence-electron chi connectivity index (χ0n) is 22.0. The summed E-state index contributed by atoms with van der Waals surface area (Å²) in [5.74, 6) is 1.44. The predicted molar refractivity (Wildman–Crippen MR) is 147 cm³/mol. The van der Waals surface area contributed by atoms with E-state index in [4.69, 9.17) is 23.7 Å². The lowest BCUT2D eigenvalue weighted by Gasteiger charge is -2.29. The second kappa shape index (κ2) is 13.1. The fourth-order valence-corrected chi connectivity index (χ4v) is 4.49. The third kappa shape index (κ3) is 6.88. The van der Waals surface area contributed by atoms with Gasteiger partial charge in [0.05, 0.1) is 7.11 Å². The van der Waals surface area contributed by atoms with Gasteiger partial charge in [0.15, 0.2) is 29.3 Å². The van der Waals surface area contributed by atoms with Crippen molar-refractivity contribution in [3.63, 3.8) is 0 Å². The number of nitrogens with zero attached hydrogens (tertiary/aromatic N) is 1. The zero-order chi connectivity index (χ0) is 26.9. The number of aromatic hydroxyl groups is 1. The Balaban J connectivity index is 1.46. The van der Waals surface area contributed by atoms with Gasteiger partial charge in [-0.15, -0.1) is 0 Å². The van der Waals surface area contributed by atoms with Crippen LogP contribution in [-0.4, -0.2) is 30.1 Å². The van der Waals surface area contributed by atoms with E-state index in [0.29, 0.717) is 30.4 Å². The van der Waals surface area contributed by atoms with Gasteiger partial charge in [-0.2, -0.15) is 0 Å². The molecule has 0 saturated carbocycles. The molecule has 1 aliphatic rings. The highest BCUT2D eigenvalue weighted by Gasteiger charge is 2.29. The van der Waals surface area contributed by atoms with E-state index in [0.717, 1.165) is 36.0 Å². The second-order valence-electron chi connectivity index (χ2n) is 9.32. The van der Waals surface area contributed by atoms with E-state index in [1.165, 1.54) is 6.07 Å². The second-order valence-corrected chi connectivity index (χ2v) is 9.32. The number of hydrogen-bond donors (Lipinski definition) is 1. The third-order valence-corrected chi connectivity index (χ3v) is 6.54. The van der Waals surface area contributed by atoms with Gasteiger partial charge in [0, 0.05) is 18.9 Å². The Kier molecular flexibility index (Phi) is 8.94. The molecule has 2 heterocycles. The molecule has 7 heteroatoms. The van der Waals surface area contributed by atoms with Crippen LogP contribution in [0.3, 0.4) is 0 Å². The average molecular weight is 528 g/mol. The predicted octanol–water partition coefficient (Wildman–Crippen LogP) is 6.59. The van der Waals surface area contributed by atoms with Crippen molar-refractivity contribution in [3.05, 3.63) is 114 Å². The maximum atomic E-state index is 10.8. The molecule has 1 saturated heterocycles. The van der Waals surface area contributed by atoms with Gasteiger partial charge in [-0.25, -0.2) is 0 Å². The maximum Gasteiger partial charge on any atom is 0.185 e. The van der Waals surface area contributed by atoms with E-state index in [9.17, 15) is 5.11 Å². The van der Waals surface area contributed by atoms with Crippen LogP contribution in [0.4, 0.5) is 0 Å². The Morgan fingerprint density at radius 3 is 2.26 bits per heavy atom. The molecule has 0 spiro atoms. The van der Waals surface area contributed by atoms with E-state index in [1.54, 1.807) is 13.3 Å². The normalized spacial score (nSPS) is 15.9. The molecule has 39 heavy (non-hydrogen) atoms. The van der Waals surface area contributed by atoms with Crippen molar-refractivity contribution in [1.29, 1.82) is 0 Å². The van der Waals surface area contributed by atoms with Crippen LogP contribution in [0.5, 0.6) is 23.0 Å². The zero-order valence-corrected chi connectivity index (χ0v) is 22.0. The van der Waals surface area contributed by atoms with E-state index in [2.05, 4.69) is 4.98 Å². The van der Waals surface area contributed by atoms with Gasteiger partial charge in [0.25, 0.3) is 0 Å². The van der Waals surface area contributed by atoms with Crippen LogP contribution in [0.25, 0.3) is 0 Å². The molecule has 5 rings (SSSR count). The molecule has 1 aliphatic heterocycles. The molecule has 2 atom stereocenters. The van der Waals surface area contributed by atoms with Crippen LogP contribution >= 0.6 is 0 Å². The first-order chi connectivity index (χ1) is 19.2. The van der Waals surface area contributed by atoms with Crippen LogP contribution in [0, 0.1) is 0 Å². The van der Waals surface area contributed by atoms with Gasteiger partial charge in [0.2, 0.25) is 0 Å². The third-order valence-electron chi connectivity index (χ3n) is 6.54. The van der Waals surface area contributed by atoms with Gasteiger partial charge < -0.3 is 28.8 Å². The SMILES string of the molecule is COc1cc(C(OC2CCCCO2)c2nccc(O)c2OCc2ccccc2)ccc1OCc1ccccc1. The van der Waals surface area contributed by atoms with Gasteiger partial charge in [-0.05, 0) is 48.1 Å². The Bertz CT molecular complexity index is 1330. The summed E-state index contributed by atoms with van der Waals surface area (Å²) < 4.78 is 30.3. The van der Waals surface area contributed by atoms with E-state index in [-0.39, 0.29) is 18.1 Å². The smallest absolute Gasteiger partial charge is 0.185 e. The number of benzene rings is 3. The van der Waals surface area contributed by atoms with Crippen LogP contribution in [0.2, 0.25) is 0 Å². The number of pyridine rings is 1. The highest BCUT2D eigenvalue weighted by molar-refractivity contribution is 5.49. The molecule has 0 bridgehead atoms. The quantitative estimate of drug-likeness (QED) is 0.236. The summed E-state index contributed by atoms with van der Waals surface area (Å²) in [6.07, 6.45) is 3.25. The highest BCUT2D eigenvalue weighted by Crippen LogP contribution is 2.41. The molecule has 2 unspecified atom stereocenters. The lowest BCUT2D eigenvalue weighted by Crippen LogP contribution is -2.25. The Labute approximate surface area is 228 Å². The fourth-order valence-electron chi connectivity index (χ4n) is 4.49. The molecule has 0 radical (unpaired) electrons. The fraction of sp³-hybridized carbons (Fsp3) is 0.281. The van der Waals surface area contributed by atoms with Crippen molar-refractivity contribution in [2.75, 3.05) is 13.7 Å². The van der Waals surface area contributed by atoms with Crippen molar-refractivity contribution < 1.29 is 28.8 Å². The van der Waals surface area contributed by atoms with Crippen LogP contribution in [-0.2, 0) is 22.7 Å². The number of methoxy groups -OCH3 is 1. The number of ether oxygens (including phenoxy) is 5. The van der Waals surface area contributed by atoms with Gasteiger partial charge in [-0.3, -0.25) is 4.98 Å². The molecular formula is C32H33NO6.